The number of hydrogen-bond donors (Lipinski definition) is 1. The molecule has 0 amide bonds. The molecule has 0 atom stereocenters. The Hall–Kier alpha value is -1.39. The monoisotopic (exact) mass is 191 g/mol. The minimum Gasteiger partial charge on any atom is -0.484 e. The molecule has 1 aromatic rings. The topological polar surface area (TPSA) is 35.2 Å². The first-order valence-electron chi connectivity index (χ1n) is 3.52. The maximum atomic E-state index is 11.7. The molecule has 0 fully saturated rings. The summed E-state index contributed by atoms with van der Waals surface area (Å²) in [4.78, 5) is 0. The average Bonchev–Trinajstić information content (AvgIpc) is 2.00. The van der Waals surface area contributed by atoms with Crippen molar-refractivity contribution in [1.29, 1.82) is 0 Å². The molecule has 0 bridgehead atoms. The Bertz CT molecular complexity index is 285. The van der Waals surface area contributed by atoms with Gasteiger partial charge < -0.3 is 10.5 Å². The van der Waals surface area contributed by atoms with Crippen LogP contribution in [0.1, 0.15) is 0 Å². The number of nitrogens with two attached hydrogens (primary N) is 1. The summed E-state index contributed by atoms with van der Waals surface area (Å²) < 4.78 is 39.5. The molecule has 2 N–H and O–H groups in total. The van der Waals surface area contributed by atoms with Crippen LogP contribution < -0.4 is 10.5 Å². The first kappa shape index (κ1) is 9.70. The van der Waals surface area contributed by atoms with E-state index in [2.05, 4.69) is 4.74 Å². The van der Waals surface area contributed by atoms with Crippen LogP contribution in [0.15, 0.2) is 24.3 Å². The van der Waals surface area contributed by atoms with E-state index in [1.54, 1.807) is 6.07 Å². The van der Waals surface area contributed by atoms with Crippen LogP contribution in [0, 0.1) is 0 Å². The first-order valence-corrected chi connectivity index (χ1v) is 3.52. The Kier molecular flexibility index (Phi) is 2.65. The van der Waals surface area contributed by atoms with Crippen molar-refractivity contribution in [2.75, 3.05) is 12.3 Å². The third kappa shape index (κ3) is 3.68. The Balaban J connectivity index is 2.55. The molecule has 1 aromatic carbocycles. The Labute approximate surface area is 73.1 Å². The van der Waals surface area contributed by atoms with E-state index in [1.165, 1.54) is 18.2 Å². The van der Waals surface area contributed by atoms with Gasteiger partial charge in [-0.1, -0.05) is 6.07 Å². The van der Waals surface area contributed by atoms with Gasteiger partial charge in [-0.2, -0.15) is 13.2 Å². The number of alkyl halides is 3. The predicted octanol–water partition coefficient (Wildman–Crippen LogP) is 2.21. The van der Waals surface area contributed by atoms with Gasteiger partial charge in [0.25, 0.3) is 0 Å². The SMILES string of the molecule is Nc1cccc(OCC(F)(F)F)c1. The highest BCUT2D eigenvalue weighted by Crippen LogP contribution is 2.19. The Morgan fingerprint density at radius 3 is 2.54 bits per heavy atom. The largest absolute Gasteiger partial charge is 0.484 e. The van der Waals surface area contributed by atoms with Crippen LogP contribution in [0.4, 0.5) is 18.9 Å². The number of hydrogen-bond acceptors (Lipinski definition) is 2. The normalized spacial score (nSPS) is 11.3. The van der Waals surface area contributed by atoms with Crippen LogP contribution in [0.2, 0.25) is 0 Å². The molecule has 0 aliphatic heterocycles. The molecule has 13 heavy (non-hydrogen) atoms. The van der Waals surface area contributed by atoms with E-state index >= 15 is 0 Å². The zero-order chi connectivity index (χ0) is 9.90. The number of benzene rings is 1. The van der Waals surface area contributed by atoms with Gasteiger partial charge >= 0.3 is 6.18 Å². The number of rotatable bonds is 2. The molecule has 1 rings (SSSR count). The quantitative estimate of drug-likeness (QED) is 0.727. The van der Waals surface area contributed by atoms with E-state index in [1.807, 2.05) is 0 Å². The lowest BCUT2D eigenvalue weighted by Gasteiger charge is -2.08. The first-order chi connectivity index (χ1) is 5.97. The number of anilines is 1. The van der Waals surface area contributed by atoms with Crippen LogP contribution in [0.3, 0.4) is 0 Å². The summed E-state index contributed by atoms with van der Waals surface area (Å²) >= 11 is 0. The smallest absolute Gasteiger partial charge is 0.422 e. The lowest BCUT2D eigenvalue weighted by molar-refractivity contribution is -0.153. The average molecular weight is 191 g/mol. The second-order valence-electron chi connectivity index (χ2n) is 2.48. The van der Waals surface area contributed by atoms with E-state index < -0.39 is 12.8 Å². The third-order valence-electron chi connectivity index (χ3n) is 1.26. The molecule has 0 saturated heterocycles. The van der Waals surface area contributed by atoms with E-state index in [0.29, 0.717) is 5.69 Å². The van der Waals surface area contributed by atoms with Crippen molar-refractivity contribution in [2.45, 2.75) is 6.18 Å². The molecular weight excluding hydrogens is 183 g/mol. The second-order valence-corrected chi connectivity index (χ2v) is 2.48. The van der Waals surface area contributed by atoms with Crippen molar-refractivity contribution in [2.24, 2.45) is 0 Å². The molecule has 5 heteroatoms. The van der Waals surface area contributed by atoms with Gasteiger partial charge in [-0.15, -0.1) is 0 Å². The fraction of sp³-hybridized carbons (Fsp3) is 0.250. The number of halogens is 3. The van der Waals surface area contributed by atoms with E-state index in [4.69, 9.17) is 5.73 Å². The van der Waals surface area contributed by atoms with Gasteiger partial charge in [-0.05, 0) is 12.1 Å². The summed E-state index contributed by atoms with van der Waals surface area (Å²) in [7, 11) is 0. The van der Waals surface area contributed by atoms with E-state index in [9.17, 15) is 13.2 Å². The fourth-order valence-corrected chi connectivity index (χ4v) is 0.769. The number of nitrogen functional groups attached to an aromatic ring is 1. The maximum Gasteiger partial charge on any atom is 0.422 e. The maximum absolute atomic E-state index is 11.7. The minimum absolute atomic E-state index is 0.123. The highest BCUT2D eigenvalue weighted by molar-refractivity contribution is 5.43. The highest BCUT2D eigenvalue weighted by atomic mass is 19.4. The Morgan fingerprint density at radius 1 is 1.31 bits per heavy atom. The molecule has 0 aliphatic rings. The van der Waals surface area contributed by atoms with Gasteiger partial charge in [0.05, 0.1) is 0 Å². The van der Waals surface area contributed by atoms with E-state index in [0.717, 1.165) is 0 Å². The summed E-state index contributed by atoms with van der Waals surface area (Å²) in [5, 5.41) is 0. The van der Waals surface area contributed by atoms with Crippen molar-refractivity contribution in [3.05, 3.63) is 24.3 Å². The summed E-state index contributed by atoms with van der Waals surface area (Å²) in [6, 6.07) is 5.86. The van der Waals surface area contributed by atoms with Crippen molar-refractivity contribution in [3.8, 4) is 5.75 Å². The summed E-state index contributed by atoms with van der Waals surface area (Å²) in [6.45, 7) is -1.30. The van der Waals surface area contributed by atoms with Crippen LogP contribution >= 0.6 is 0 Å². The van der Waals surface area contributed by atoms with Gasteiger partial charge in [-0.3, -0.25) is 0 Å². The molecule has 72 valence electrons. The van der Waals surface area contributed by atoms with Gasteiger partial charge in [-0.25, -0.2) is 0 Å². The van der Waals surface area contributed by atoms with Gasteiger partial charge in [0.2, 0.25) is 0 Å². The molecule has 0 aliphatic carbocycles. The van der Waals surface area contributed by atoms with Crippen molar-refractivity contribution >= 4 is 5.69 Å². The van der Waals surface area contributed by atoms with Crippen LogP contribution in [0.5, 0.6) is 5.75 Å². The minimum atomic E-state index is -4.31. The van der Waals surface area contributed by atoms with Crippen LogP contribution in [-0.2, 0) is 0 Å². The zero-order valence-corrected chi connectivity index (χ0v) is 6.64. The molecule has 0 spiro atoms. The van der Waals surface area contributed by atoms with Gasteiger partial charge in [0.15, 0.2) is 6.61 Å². The zero-order valence-electron chi connectivity index (χ0n) is 6.64. The Morgan fingerprint density at radius 2 is 2.00 bits per heavy atom. The lowest BCUT2D eigenvalue weighted by Crippen LogP contribution is -2.19. The van der Waals surface area contributed by atoms with Crippen LogP contribution in [-0.4, -0.2) is 12.8 Å². The molecule has 2 nitrogen and oxygen atoms in total. The highest BCUT2D eigenvalue weighted by Gasteiger charge is 2.28. The molecule has 0 heterocycles. The molecule has 0 saturated carbocycles. The van der Waals surface area contributed by atoms with Crippen molar-refractivity contribution < 1.29 is 17.9 Å². The predicted molar refractivity (Wildman–Crippen MR) is 42.4 cm³/mol. The molecule has 0 aromatic heterocycles. The fourth-order valence-electron chi connectivity index (χ4n) is 0.769. The van der Waals surface area contributed by atoms with Gasteiger partial charge in [0, 0.05) is 11.8 Å². The van der Waals surface area contributed by atoms with Gasteiger partial charge in [0.1, 0.15) is 5.75 Å². The summed E-state index contributed by atoms with van der Waals surface area (Å²) in [5.41, 5.74) is 5.71. The molecule has 0 radical (unpaired) electrons. The lowest BCUT2D eigenvalue weighted by atomic mass is 10.3. The van der Waals surface area contributed by atoms with Crippen LogP contribution in [0.25, 0.3) is 0 Å². The molecular formula is C8H8F3NO. The summed E-state index contributed by atoms with van der Waals surface area (Å²) in [5.74, 6) is 0.123. The van der Waals surface area contributed by atoms with E-state index in [-0.39, 0.29) is 5.75 Å². The van der Waals surface area contributed by atoms with Crippen molar-refractivity contribution in [1.82, 2.24) is 0 Å². The van der Waals surface area contributed by atoms with Crippen molar-refractivity contribution in [3.63, 3.8) is 0 Å². The number of ether oxygens (including phenoxy) is 1. The molecule has 0 unspecified atom stereocenters. The third-order valence-corrected chi connectivity index (χ3v) is 1.26. The second kappa shape index (κ2) is 3.55. The summed E-state index contributed by atoms with van der Waals surface area (Å²) in [6.07, 6.45) is -4.31. The standard InChI is InChI=1S/C8H8F3NO/c9-8(10,11)5-13-7-3-1-2-6(12)4-7/h1-4H,5,12H2.